The third kappa shape index (κ3) is 2.29. The highest BCUT2D eigenvalue weighted by Gasteiger charge is 2.17. The average Bonchev–Trinajstić information content (AvgIpc) is 2.36. The number of benzene rings is 1. The molecule has 0 saturated carbocycles. The van der Waals surface area contributed by atoms with Crippen molar-refractivity contribution in [1.29, 1.82) is 0 Å². The van der Waals surface area contributed by atoms with Crippen LogP contribution >= 0.6 is 11.8 Å². The van der Waals surface area contributed by atoms with Crippen molar-refractivity contribution in [3.05, 3.63) is 29.3 Å². The summed E-state index contributed by atoms with van der Waals surface area (Å²) in [5, 5.41) is 8.85. The Morgan fingerprint density at radius 3 is 3.12 bits per heavy atom. The minimum absolute atomic E-state index is 0.180. The Morgan fingerprint density at radius 1 is 1.56 bits per heavy atom. The minimum Gasteiger partial charge on any atom is -0.394 e. The van der Waals surface area contributed by atoms with Crippen LogP contribution in [0.2, 0.25) is 0 Å². The Bertz CT molecular complexity index is 406. The third-order valence-electron chi connectivity index (χ3n) is 2.73. The zero-order chi connectivity index (χ0) is 11.5. The lowest BCUT2D eigenvalue weighted by Crippen LogP contribution is -2.34. The maximum atomic E-state index is 11.8. The molecule has 4 heteroatoms. The van der Waals surface area contributed by atoms with Gasteiger partial charge in [-0.25, -0.2) is 0 Å². The molecule has 1 aliphatic heterocycles. The molecular formula is C12H15NO2S. The first-order valence-electron chi connectivity index (χ1n) is 5.38. The number of ketones is 1. The molecule has 1 unspecified atom stereocenters. The summed E-state index contributed by atoms with van der Waals surface area (Å²) in [5.41, 5.74) is 7.36. The first kappa shape index (κ1) is 11.6. The first-order valence-corrected chi connectivity index (χ1v) is 6.37. The highest BCUT2D eigenvalue weighted by atomic mass is 32.2. The van der Waals surface area contributed by atoms with E-state index in [0.29, 0.717) is 5.56 Å². The summed E-state index contributed by atoms with van der Waals surface area (Å²) in [6.45, 7) is -0.301. The molecule has 2 rings (SSSR count). The number of nitrogens with two attached hydrogens (primary N) is 1. The van der Waals surface area contributed by atoms with Gasteiger partial charge in [-0.3, -0.25) is 4.79 Å². The van der Waals surface area contributed by atoms with Gasteiger partial charge >= 0.3 is 0 Å². The number of rotatable bonds is 3. The van der Waals surface area contributed by atoms with Gasteiger partial charge in [0.1, 0.15) is 0 Å². The van der Waals surface area contributed by atoms with E-state index >= 15 is 0 Å². The van der Waals surface area contributed by atoms with E-state index in [9.17, 15) is 4.79 Å². The number of aliphatic hydroxyl groups excluding tert-OH is 1. The number of hydrogen-bond donors (Lipinski definition) is 2. The minimum atomic E-state index is -0.797. The molecule has 0 radical (unpaired) electrons. The molecule has 1 aliphatic rings. The van der Waals surface area contributed by atoms with Gasteiger partial charge < -0.3 is 10.8 Å². The summed E-state index contributed by atoms with van der Waals surface area (Å²) in [7, 11) is 0. The molecule has 0 fully saturated rings. The summed E-state index contributed by atoms with van der Waals surface area (Å²) in [5.74, 6) is 0.970. The van der Waals surface area contributed by atoms with E-state index in [1.54, 1.807) is 6.07 Å². The number of aryl methyl sites for hydroxylation is 1. The molecule has 86 valence electrons. The monoisotopic (exact) mass is 237 g/mol. The van der Waals surface area contributed by atoms with Crippen molar-refractivity contribution in [2.45, 2.75) is 23.8 Å². The number of fused-ring (bicyclic) bond motifs is 1. The second kappa shape index (κ2) is 4.99. The summed E-state index contributed by atoms with van der Waals surface area (Å²) < 4.78 is 0. The van der Waals surface area contributed by atoms with E-state index < -0.39 is 6.04 Å². The molecule has 0 amide bonds. The molecular weight excluding hydrogens is 222 g/mol. The van der Waals surface area contributed by atoms with Gasteiger partial charge in [0.05, 0.1) is 12.6 Å². The van der Waals surface area contributed by atoms with E-state index in [0.717, 1.165) is 18.6 Å². The van der Waals surface area contributed by atoms with Crippen molar-refractivity contribution in [3.8, 4) is 0 Å². The maximum Gasteiger partial charge on any atom is 0.181 e. The van der Waals surface area contributed by atoms with Gasteiger partial charge in [0, 0.05) is 10.5 Å². The zero-order valence-electron chi connectivity index (χ0n) is 8.98. The fraction of sp³-hybridized carbons (Fsp3) is 0.417. The zero-order valence-corrected chi connectivity index (χ0v) is 9.80. The topological polar surface area (TPSA) is 63.3 Å². The van der Waals surface area contributed by atoms with E-state index in [4.69, 9.17) is 10.8 Å². The van der Waals surface area contributed by atoms with E-state index in [-0.39, 0.29) is 12.4 Å². The van der Waals surface area contributed by atoms with Gasteiger partial charge in [-0.2, -0.15) is 0 Å². The lowest BCUT2D eigenvalue weighted by atomic mass is 10.0. The maximum absolute atomic E-state index is 11.8. The molecule has 3 nitrogen and oxygen atoms in total. The van der Waals surface area contributed by atoms with Crippen molar-refractivity contribution >= 4 is 17.5 Å². The molecule has 0 aliphatic carbocycles. The molecule has 1 aromatic rings. The first-order chi connectivity index (χ1) is 7.72. The van der Waals surface area contributed by atoms with Crippen molar-refractivity contribution in [1.82, 2.24) is 0 Å². The Kier molecular flexibility index (Phi) is 3.63. The molecule has 0 spiro atoms. The predicted molar refractivity (Wildman–Crippen MR) is 64.9 cm³/mol. The molecule has 0 bridgehead atoms. The summed E-state index contributed by atoms with van der Waals surface area (Å²) in [6, 6.07) is 4.90. The standard InChI is InChI=1S/C12H15NO2S/c13-10(7-14)12(15)9-3-4-11-8(6-9)2-1-5-16-11/h3-4,6,10,14H,1-2,5,7,13H2. The van der Waals surface area contributed by atoms with Crippen LogP contribution < -0.4 is 5.73 Å². The Morgan fingerprint density at radius 2 is 2.38 bits per heavy atom. The van der Waals surface area contributed by atoms with Crippen molar-refractivity contribution in [2.75, 3.05) is 12.4 Å². The molecule has 1 heterocycles. The Hall–Kier alpha value is -0.840. The van der Waals surface area contributed by atoms with Crippen LogP contribution in [0.5, 0.6) is 0 Å². The lowest BCUT2D eigenvalue weighted by molar-refractivity contribution is 0.0925. The van der Waals surface area contributed by atoms with E-state index in [1.807, 2.05) is 23.9 Å². The fourth-order valence-electron chi connectivity index (χ4n) is 1.81. The second-order valence-corrected chi connectivity index (χ2v) is 5.06. The molecule has 3 N–H and O–H groups in total. The van der Waals surface area contributed by atoms with Crippen molar-refractivity contribution in [2.24, 2.45) is 5.73 Å². The summed E-state index contributed by atoms with van der Waals surface area (Å²) >= 11 is 1.83. The number of carbonyl (C=O) groups excluding carboxylic acids is 1. The van der Waals surface area contributed by atoms with Crippen LogP contribution in [0.15, 0.2) is 23.1 Å². The SMILES string of the molecule is NC(CO)C(=O)c1ccc2c(c1)CCCS2. The van der Waals surface area contributed by atoms with E-state index in [2.05, 4.69) is 0 Å². The number of thioether (sulfide) groups is 1. The predicted octanol–water partition coefficient (Wildman–Crippen LogP) is 1.23. The molecule has 0 saturated heterocycles. The normalized spacial score (nSPS) is 16.6. The number of hydrogen-bond acceptors (Lipinski definition) is 4. The quantitative estimate of drug-likeness (QED) is 0.776. The number of carbonyl (C=O) groups is 1. The van der Waals surface area contributed by atoms with Gasteiger partial charge in [0.2, 0.25) is 0 Å². The molecule has 1 atom stereocenters. The van der Waals surface area contributed by atoms with Crippen LogP contribution in [0, 0.1) is 0 Å². The van der Waals surface area contributed by atoms with Gasteiger partial charge in [-0.05, 0) is 36.3 Å². The molecule has 0 aromatic heterocycles. The number of Topliss-reactive ketones (excluding diaryl/α,β-unsaturated/α-hetero) is 1. The van der Waals surface area contributed by atoms with Crippen LogP contribution in [0.25, 0.3) is 0 Å². The molecule has 16 heavy (non-hydrogen) atoms. The molecule has 1 aromatic carbocycles. The Balaban J connectivity index is 2.26. The third-order valence-corrected chi connectivity index (χ3v) is 3.93. The van der Waals surface area contributed by atoms with Gasteiger partial charge in [0.15, 0.2) is 5.78 Å². The van der Waals surface area contributed by atoms with E-state index in [1.165, 1.54) is 10.5 Å². The van der Waals surface area contributed by atoms with Crippen LogP contribution in [0.4, 0.5) is 0 Å². The van der Waals surface area contributed by atoms with Crippen molar-refractivity contribution in [3.63, 3.8) is 0 Å². The number of aliphatic hydroxyl groups is 1. The second-order valence-electron chi connectivity index (χ2n) is 3.93. The highest BCUT2D eigenvalue weighted by molar-refractivity contribution is 7.99. The lowest BCUT2D eigenvalue weighted by Gasteiger charge is -2.16. The van der Waals surface area contributed by atoms with Gasteiger partial charge in [0.25, 0.3) is 0 Å². The van der Waals surface area contributed by atoms with Crippen LogP contribution in [0.3, 0.4) is 0 Å². The van der Waals surface area contributed by atoms with Gasteiger partial charge in [-0.1, -0.05) is 6.07 Å². The fourth-order valence-corrected chi connectivity index (χ4v) is 2.83. The highest BCUT2D eigenvalue weighted by Crippen LogP contribution is 2.30. The largest absolute Gasteiger partial charge is 0.394 e. The van der Waals surface area contributed by atoms with Gasteiger partial charge in [-0.15, -0.1) is 11.8 Å². The van der Waals surface area contributed by atoms with Crippen LogP contribution in [0.1, 0.15) is 22.3 Å². The summed E-state index contributed by atoms with van der Waals surface area (Å²) in [4.78, 5) is 13.0. The summed E-state index contributed by atoms with van der Waals surface area (Å²) in [6.07, 6.45) is 2.18. The van der Waals surface area contributed by atoms with Crippen LogP contribution in [-0.4, -0.2) is 29.3 Å². The Labute approximate surface area is 99.0 Å². The van der Waals surface area contributed by atoms with Crippen LogP contribution in [-0.2, 0) is 6.42 Å². The smallest absolute Gasteiger partial charge is 0.181 e. The van der Waals surface area contributed by atoms with Crippen molar-refractivity contribution < 1.29 is 9.90 Å². The average molecular weight is 237 g/mol.